The standard InChI is InChI=1S/C17H28N2O4S.ClH/c1-4-22-15-7-6-14(12-16(15)23-5-2)24(20,21)19-13-17(3)8-10-18-11-9-17;/h6-7,12,18-19H,4-5,8-11,13H2,1-3H3;1H. The lowest BCUT2D eigenvalue weighted by atomic mass is 9.81. The summed E-state index contributed by atoms with van der Waals surface area (Å²) in [4.78, 5) is 0.201. The summed E-state index contributed by atoms with van der Waals surface area (Å²) in [6, 6.07) is 4.73. The third-order valence-corrected chi connectivity index (χ3v) is 5.72. The summed E-state index contributed by atoms with van der Waals surface area (Å²) in [5.41, 5.74) is -0.00761. The lowest BCUT2D eigenvalue weighted by molar-refractivity contribution is 0.232. The first-order valence-corrected chi connectivity index (χ1v) is 9.98. The van der Waals surface area contributed by atoms with Crippen LogP contribution in [0.1, 0.15) is 33.6 Å². The topological polar surface area (TPSA) is 76.7 Å². The molecule has 25 heavy (non-hydrogen) atoms. The van der Waals surface area contributed by atoms with E-state index in [0.717, 1.165) is 25.9 Å². The second-order valence-corrected chi connectivity index (χ2v) is 8.13. The first kappa shape index (κ1) is 22.0. The summed E-state index contributed by atoms with van der Waals surface area (Å²) in [5.74, 6) is 1.01. The van der Waals surface area contributed by atoms with Gasteiger partial charge in [-0.1, -0.05) is 6.92 Å². The van der Waals surface area contributed by atoms with Crippen molar-refractivity contribution < 1.29 is 17.9 Å². The highest BCUT2D eigenvalue weighted by molar-refractivity contribution is 7.89. The molecule has 0 bridgehead atoms. The van der Waals surface area contributed by atoms with E-state index in [1.54, 1.807) is 12.1 Å². The highest BCUT2D eigenvalue weighted by Gasteiger charge is 2.29. The summed E-state index contributed by atoms with van der Waals surface area (Å²) < 4.78 is 39.0. The molecule has 1 aromatic carbocycles. The second kappa shape index (κ2) is 9.62. The lowest BCUT2D eigenvalue weighted by Crippen LogP contribution is -2.42. The predicted octanol–water partition coefficient (Wildman–Crippen LogP) is 2.57. The summed E-state index contributed by atoms with van der Waals surface area (Å²) in [5, 5.41) is 3.30. The van der Waals surface area contributed by atoms with Crippen molar-refractivity contribution in [1.29, 1.82) is 0 Å². The number of rotatable bonds is 8. The van der Waals surface area contributed by atoms with Gasteiger partial charge in [0.15, 0.2) is 11.5 Å². The zero-order chi connectivity index (χ0) is 17.6. The van der Waals surface area contributed by atoms with E-state index in [1.807, 2.05) is 13.8 Å². The van der Waals surface area contributed by atoms with Crippen LogP contribution in [0.25, 0.3) is 0 Å². The minimum Gasteiger partial charge on any atom is -0.490 e. The quantitative estimate of drug-likeness (QED) is 0.711. The maximum absolute atomic E-state index is 12.6. The highest BCUT2D eigenvalue weighted by atomic mass is 35.5. The summed E-state index contributed by atoms with van der Waals surface area (Å²) in [6.45, 7) is 9.09. The number of piperidine rings is 1. The molecule has 2 rings (SSSR count). The van der Waals surface area contributed by atoms with Crippen LogP contribution in [0.3, 0.4) is 0 Å². The molecule has 6 nitrogen and oxygen atoms in total. The molecule has 144 valence electrons. The van der Waals surface area contributed by atoms with Crippen LogP contribution in [0.2, 0.25) is 0 Å². The van der Waals surface area contributed by atoms with Crippen LogP contribution in [0.4, 0.5) is 0 Å². The van der Waals surface area contributed by atoms with Crippen LogP contribution in [0.5, 0.6) is 11.5 Å². The van der Waals surface area contributed by atoms with Crippen molar-refractivity contribution in [2.45, 2.75) is 38.5 Å². The van der Waals surface area contributed by atoms with E-state index in [2.05, 4.69) is 17.0 Å². The van der Waals surface area contributed by atoms with Gasteiger partial charge in [0, 0.05) is 12.6 Å². The molecular formula is C17H29ClN2O4S. The molecule has 0 aliphatic carbocycles. The number of sulfonamides is 1. The molecule has 8 heteroatoms. The highest BCUT2D eigenvalue weighted by Crippen LogP contribution is 2.31. The third-order valence-electron chi connectivity index (χ3n) is 4.32. The van der Waals surface area contributed by atoms with Gasteiger partial charge in [-0.2, -0.15) is 0 Å². The van der Waals surface area contributed by atoms with Crippen molar-refractivity contribution in [2.75, 3.05) is 32.8 Å². The summed E-state index contributed by atoms with van der Waals surface area (Å²) in [7, 11) is -3.58. The Kier molecular flexibility index (Phi) is 8.47. The van der Waals surface area contributed by atoms with E-state index in [4.69, 9.17) is 9.47 Å². The van der Waals surface area contributed by atoms with Crippen molar-refractivity contribution in [3.63, 3.8) is 0 Å². The Morgan fingerprint density at radius 1 is 1.12 bits per heavy atom. The van der Waals surface area contributed by atoms with E-state index >= 15 is 0 Å². The molecule has 1 heterocycles. The smallest absolute Gasteiger partial charge is 0.240 e. The van der Waals surface area contributed by atoms with E-state index in [0.29, 0.717) is 31.3 Å². The van der Waals surface area contributed by atoms with Gasteiger partial charge in [0.05, 0.1) is 18.1 Å². The zero-order valence-electron chi connectivity index (χ0n) is 15.1. The molecule has 2 N–H and O–H groups in total. The van der Waals surface area contributed by atoms with Crippen molar-refractivity contribution in [2.24, 2.45) is 5.41 Å². The van der Waals surface area contributed by atoms with Gasteiger partial charge >= 0.3 is 0 Å². The zero-order valence-corrected chi connectivity index (χ0v) is 16.8. The Morgan fingerprint density at radius 3 is 2.32 bits per heavy atom. The molecule has 1 aliphatic rings. The molecule has 0 atom stereocenters. The van der Waals surface area contributed by atoms with Gasteiger partial charge in [0.1, 0.15) is 0 Å². The van der Waals surface area contributed by atoms with Crippen LogP contribution in [0.15, 0.2) is 23.1 Å². The monoisotopic (exact) mass is 392 g/mol. The fraction of sp³-hybridized carbons (Fsp3) is 0.647. The first-order valence-electron chi connectivity index (χ1n) is 8.50. The van der Waals surface area contributed by atoms with Crippen molar-refractivity contribution in [3.05, 3.63) is 18.2 Å². The molecule has 1 fully saturated rings. The molecule has 0 saturated carbocycles. The maximum Gasteiger partial charge on any atom is 0.240 e. The van der Waals surface area contributed by atoms with Crippen LogP contribution >= 0.6 is 12.4 Å². The minimum absolute atomic E-state index is 0. The molecule has 0 aromatic heterocycles. The molecule has 0 amide bonds. The van der Waals surface area contributed by atoms with Crippen molar-refractivity contribution in [3.8, 4) is 11.5 Å². The predicted molar refractivity (Wildman–Crippen MR) is 101 cm³/mol. The molecule has 0 spiro atoms. The minimum atomic E-state index is -3.58. The average molecular weight is 393 g/mol. The van der Waals surface area contributed by atoms with Gasteiger partial charge in [-0.05, 0) is 57.3 Å². The first-order chi connectivity index (χ1) is 11.4. The number of hydrogen-bond donors (Lipinski definition) is 2. The van der Waals surface area contributed by atoms with Crippen LogP contribution in [0, 0.1) is 5.41 Å². The number of ether oxygens (including phenoxy) is 2. The van der Waals surface area contributed by atoms with E-state index in [9.17, 15) is 8.42 Å². The maximum atomic E-state index is 12.6. The number of hydrogen-bond acceptors (Lipinski definition) is 5. The Bertz CT molecular complexity index is 646. The lowest BCUT2D eigenvalue weighted by Gasteiger charge is -2.34. The number of benzene rings is 1. The van der Waals surface area contributed by atoms with Crippen LogP contribution < -0.4 is 19.5 Å². The Balaban J connectivity index is 0.00000312. The normalized spacial score (nSPS) is 16.8. The Morgan fingerprint density at radius 2 is 1.72 bits per heavy atom. The third kappa shape index (κ3) is 6.02. The van der Waals surface area contributed by atoms with Crippen LogP contribution in [-0.2, 0) is 10.0 Å². The van der Waals surface area contributed by atoms with E-state index in [-0.39, 0.29) is 22.7 Å². The van der Waals surface area contributed by atoms with Gasteiger partial charge in [-0.15, -0.1) is 12.4 Å². The van der Waals surface area contributed by atoms with Gasteiger partial charge in [-0.25, -0.2) is 13.1 Å². The SMILES string of the molecule is CCOc1ccc(S(=O)(=O)NCC2(C)CCNCC2)cc1OCC.Cl. The largest absolute Gasteiger partial charge is 0.490 e. The average Bonchev–Trinajstić information content (AvgIpc) is 2.56. The van der Waals surface area contributed by atoms with Gasteiger partial charge in [0.25, 0.3) is 0 Å². The molecule has 0 radical (unpaired) electrons. The van der Waals surface area contributed by atoms with Gasteiger partial charge < -0.3 is 14.8 Å². The number of halogens is 1. The second-order valence-electron chi connectivity index (χ2n) is 6.36. The fourth-order valence-corrected chi connectivity index (χ4v) is 3.97. The van der Waals surface area contributed by atoms with Crippen LogP contribution in [-0.4, -0.2) is 41.3 Å². The Labute approximate surface area is 157 Å². The molecule has 1 aromatic rings. The van der Waals surface area contributed by atoms with E-state index < -0.39 is 10.0 Å². The molecule has 1 saturated heterocycles. The fourth-order valence-electron chi connectivity index (χ4n) is 2.76. The Hall–Kier alpha value is -1.02. The summed E-state index contributed by atoms with van der Waals surface area (Å²) in [6.07, 6.45) is 1.92. The molecule has 0 unspecified atom stereocenters. The molecule has 1 aliphatic heterocycles. The van der Waals surface area contributed by atoms with Gasteiger partial charge in [0.2, 0.25) is 10.0 Å². The summed E-state index contributed by atoms with van der Waals surface area (Å²) >= 11 is 0. The van der Waals surface area contributed by atoms with Gasteiger partial charge in [-0.3, -0.25) is 0 Å². The van der Waals surface area contributed by atoms with Crippen molar-refractivity contribution >= 4 is 22.4 Å². The number of nitrogens with one attached hydrogen (secondary N) is 2. The van der Waals surface area contributed by atoms with Crippen molar-refractivity contribution in [1.82, 2.24) is 10.0 Å². The van der Waals surface area contributed by atoms with E-state index in [1.165, 1.54) is 6.07 Å². The molecular weight excluding hydrogens is 364 g/mol.